The molecule has 1 unspecified atom stereocenters. The van der Waals surface area contributed by atoms with Crippen LogP contribution in [0.15, 0.2) is 60.7 Å². The fourth-order valence-corrected chi connectivity index (χ4v) is 2.50. The molecule has 3 rings (SSSR count). The molecule has 0 aliphatic rings. The fraction of sp³-hybridized carbons (Fsp3) is 0.111. The van der Waals surface area contributed by atoms with Crippen molar-refractivity contribution >= 4 is 22.4 Å². The Balaban J connectivity index is 1.98. The third kappa shape index (κ3) is 2.87. The van der Waals surface area contributed by atoms with Crippen LogP contribution in [-0.2, 0) is 0 Å². The van der Waals surface area contributed by atoms with Gasteiger partial charge >= 0.3 is 0 Å². The van der Waals surface area contributed by atoms with Gasteiger partial charge in [0.2, 0.25) is 0 Å². The maximum Gasteiger partial charge on any atom is 0.119 e. The van der Waals surface area contributed by atoms with E-state index in [1.807, 2.05) is 48.5 Å². The van der Waals surface area contributed by atoms with E-state index in [-0.39, 0.29) is 0 Å². The Morgan fingerprint density at radius 3 is 2.19 bits per heavy atom. The molecule has 1 N–H and O–H groups in total. The number of ether oxygens (including phenoxy) is 1. The summed E-state index contributed by atoms with van der Waals surface area (Å²) in [6.07, 6.45) is -0.659. The molecule has 0 aliphatic heterocycles. The quantitative estimate of drug-likeness (QED) is 0.766. The van der Waals surface area contributed by atoms with Crippen LogP contribution in [0.25, 0.3) is 10.8 Å². The first-order chi connectivity index (χ1) is 10.2. The predicted octanol–water partition coefficient (Wildman–Crippen LogP) is 4.58. The molecule has 0 fully saturated rings. The molecule has 106 valence electrons. The summed E-state index contributed by atoms with van der Waals surface area (Å²) in [6, 6.07) is 19.1. The zero-order valence-electron chi connectivity index (χ0n) is 11.6. The summed E-state index contributed by atoms with van der Waals surface area (Å²) in [7, 11) is 1.65. The zero-order chi connectivity index (χ0) is 14.8. The summed E-state index contributed by atoms with van der Waals surface area (Å²) in [5, 5.41) is 13.3. The minimum Gasteiger partial charge on any atom is -0.497 e. The number of rotatable bonds is 3. The van der Waals surface area contributed by atoms with Crippen LogP contribution in [0, 0.1) is 0 Å². The molecular formula is C18H15ClO2. The van der Waals surface area contributed by atoms with E-state index in [2.05, 4.69) is 0 Å². The summed E-state index contributed by atoms with van der Waals surface area (Å²) in [4.78, 5) is 0. The Kier molecular flexibility index (Phi) is 3.82. The van der Waals surface area contributed by atoms with Crippen molar-refractivity contribution in [3.8, 4) is 5.75 Å². The van der Waals surface area contributed by atoms with Crippen molar-refractivity contribution in [1.29, 1.82) is 0 Å². The average molecular weight is 299 g/mol. The Hall–Kier alpha value is -2.03. The second-order valence-corrected chi connectivity index (χ2v) is 5.36. The van der Waals surface area contributed by atoms with E-state index < -0.39 is 6.10 Å². The molecule has 0 spiro atoms. The molecule has 0 saturated heterocycles. The van der Waals surface area contributed by atoms with Gasteiger partial charge < -0.3 is 9.84 Å². The van der Waals surface area contributed by atoms with Crippen molar-refractivity contribution in [3.05, 3.63) is 76.8 Å². The number of aliphatic hydroxyl groups excluding tert-OH is 1. The summed E-state index contributed by atoms with van der Waals surface area (Å²) >= 11 is 5.88. The van der Waals surface area contributed by atoms with Crippen molar-refractivity contribution < 1.29 is 9.84 Å². The van der Waals surface area contributed by atoms with E-state index in [1.54, 1.807) is 19.2 Å². The van der Waals surface area contributed by atoms with Gasteiger partial charge in [0.1, 0.15) is 11.9 Å². The van der Waals surface area contributed by atoms with Gasteiger partial charge in [-0.25, -0.2) is 0 Å². The van der Waals surface area contributed by atoms with Gasteiger partial charge in [-0.2, -0.15) is 0 Å². The standard InChI is InChI=1S/C18H15ClO2/c1-21-17-9-6-13-10-15(3-2-14(13)11-17)18(20)12-4-7-16(19)8-5-12/h2-11,18,20H,1H3. The van der Waals surface area contributed by atoms with Crippen molar-refractivity contribution in [1.82, 2.24) is 0 Å². The maximum absolute atomic E-state index is 10.5. The molecule has 0 bridgehead atoms. The van der Waals surface area contributed by atoms with E-state index in [0.717, 1.165) is 27.6 Å². The van der Waals surface area contributed by atoms with Gasteiger partial charge in [-0.05, 0) is 52.2 Å². The lowest BCUT2D eigenvalue weighted by Gasteiger charge is -2.13. The van der Waals surface area contributed by atoms with Crippen LogP contribution >= 0.6 is 11.6 Å². The number of benzene rings is 3. The number of fused-ring (bicyclic) bond motifs is 1. The van der Waals surface area contributed by atoms with Crippen molar-refractivity contribution in [3.63, 3.8) is 0 Å². The second kappa shape index (κ2) is 5.76. The van der Waals surface area contributed by atoms with Crippen LogP contribution in [0.4, 0.5) is 0 Å². The Morgan fingerprint density at radius 2 is 1.48 bits per heavy atom. The first-order valence-electron chi connectivity index (χ1n) is 6.68. The van der Waals surface area contributed by atoms with Gasteiger partial charge in [0.25, 0.3) is 0 Å². The zero-order valence-corrected chi connectivity index (χ0v) is 12.3. The number of hydrogen-bond donors (Lipinski definition) is 1. The maximum atomic E-state index is 10.5. The van der Waals surface area contributed by atoms with Crippen LogP contribution in [-0.4, -0.2) is 12.2 Å². The lowest BCUT2D eigenvalue weighted by atomic mass is 9.98. The molecule has 0 aromatic heterocycles. The first-order valence-corrected chi connectivity index (χ1v) is 7.06. The summed E-state index contributed by atoms with van der Waals surface area (Å²) < 4.78 is 5.22. The second-order valence-electron chi connectivity index (χ2n) is 4.93. The molecule has 3 heteroatoms. The van der Waals surface area contributed by atoms with E-state index in [0.29, 0.717) is 5.02 Å². The molecule has 21 heavy (non-hydrogen) atoms. The fourth-order valence-electron chi connectivity index (χ4n) is 2.38. The van der Waals surface area contributed by atoms with Gasteiger partial charge in [-0.1, -0.05) is 41.9 Å². The monoisotopic (exact) mass is 298 g/mol. The van der Waals surface area contributed by atoms with Gasteiger partial charge in [0.05, 0.1) is 7.11 Å². The molecule has 0 aliphatic carbocycles. The lowest BCUT2D eigenvalue weighted by molar-refractivity contribution is 0.220. The van der Waals surface area contributed by atoms with Gasteiger partial charge in [0, 0.05) is 5.02 Å². The highest BCUT2D eigenvalue weighted by Crippen LogP contribution is 2.28. The van der Waals surface area contributed by atoms with E-state index in [4.69, 9.17) is 16.3 Å². The largest absolute Gasteiger partial charge is 0.497 e. The lowest BCUT2D eigenvalue weighted by Crippen LogP contribution is -1.99. The normalized spacial score (nSPS) is 12.3. The number of halogens is 1. The van der Waals surface area contributed by atoms with Crippen LogP contribution in [0.3, 0.4) is 0 Å². The molecule has 0 radical (unpaired) electrons. The molecular weight excluding hydrogens is 284 g/mol. The van der Waals surface area contributed by atoms with Crippen molar-refractivity contribution in [2.24, 2.45) is 0 Å². The molecule has 1 atom stereocenters. The van der Waals surface area contributed by atoms with Gasteiger partial charge in [-0.3, -0.25) is 0 Å². The minimum absolute atomic E-state index is 0.659. The molecule has 0 amide bonds. The summed E-state index contributed by atoms with van der Waals surface area (Å²) in [6.45, 7) is 0. The Bertz CT molecular complexity index is 766. The summed E-state index contributed by atoms with van der Waals surface area (Å²) in [5.41, 5.74) is 1.68. The van der Waals surface area contributed by atoms with Crippen molar-refractivity contribution in [2.75, 3.05) is 7.11 Å². The number of hydrogen-bond acceptors (Lipinski definition) is 2. The van der Waals surface area contributed by atoms with Gasteiger partial charge in [-0.15, -0.1) is 0 Å². The topological polar surface area (TPSA) is 29.5 Å². The Labute approximate surface area is 128 Å². The molecule has 3 aromatic rings. The number of methoxy groups -OCH3 is 1. The molecule has 0 heterocycles. The van der Waals surface area contributed by atoms with E-state index >= 15 is 0 Å². The predicted molar refractivity (Wildman–Crippen MR) is 86.0 cm³/mol. The molecule has 0 saturated carbocycles. The summed E-state index contributed by atoms with van der Waals surface area (Å²) in [5.74, 6) is 0.827. The van der Waals surface area contributed by atoms with E-state index in [9.17, 15) is 5.11 Å². The van der Waals surface area contributed by atoms with E-state index in [1.165, 1.54) is 0 Å². The van der Waals surface area contributed by atoms with Crippen LogP contribution in [0.2, 0.25) is 5.02 Å². The third-order valence-corrected chi connectivity index (χ3v) is 3.82. The van der Waals surface area contributed by atoms with Crippen molar-refractivity contribution in [2.45, 2.75) is 6.10 Å². The highest BCUT2D eigenvalue weighted by atomic mass is 35.5. The van der Waals surface area contributed by atoms with Crippen LogP contribution < -0.4 is 4.74 Å². The SMILES string of the molecule is COc1ccc2cc(C(O)c3ccc(Cl)cc3)ccc2c1. The first kappa shape index (κ1) is 13.9. The smallest absolute Gasteiger partial charge is 0.119 e. The highest BCUT2D eigenvalue weighted by molar-refractivity contribution is 6.30. The minimum atomic E-state index is -0.659. The number of aliphatic hydroxyl groups is 1. The van der Waals surface area contributed by atoms with Crippen LogP contribution in [0.5, 0.6) is 5.75 Å². The highest BCUT2D eigenvalue weighted by Gasteiger charge is 2.11. The molecule has 2 nitrogen and oxygen atoms in total. The van der Waals surface area contributed by atoms with Gasteiger partial charge in [0.15, 0.2) is 0 Å². The van der Waals surface area contributed by atoms with Crippen LogP contribution in [0.1, 0.15) is 17.2 Å². The average Bonchev–Trinajstić information content (AvgIpc) is 2.54. The Morgan fingerprint density at radius 1 is 0.857 bits per heavy atom. The third-order valence-electron chi connectivity index (χ3n) is 3.57. The molecule has 3 aromatic carbocycles.